The van der Waals surface area contributed by atoms with Gasteiger partial charge in [0.25, 0.3) is 0 Å². The van der Waals surface area contributed by atoms with Crippen LogP contribution in [0, 0.1) is 0 Å². The van der Waals surface area contributed by atoms with E-state index in [9.17, 15) is 4.79 Å². The standard InChI is InChI=1S/C15H13N3O2/c19-15(12-7-3-1-4-8-12)14(11-16-20)18-17-13-9-5-2-6-10-13/h1-11,17,20H/b16-11-,18-14-. The zero-order valence-corrected chi connectivity index (χ0v) is 10.6. The van der Waals surface area contributed by atoms with E-state index in [0.717, 1.165) is 11.9 Å². The largest absolute Gasteiger partial charge is 0.411 e. The molecule has 2 N–H and O–H groups in total. The van der Waals surface area contributed by atoms with Gasteiger partial charge in [-0.3, -0.25) is 10.2 Å². The van der Waals surface area contributed by atoms with Gasteiger partial charge in [0.2, 0.25) is 5.78 Å². The van der Waals surface area contributed by atoms with E-state index in [2.05, 4.69) is 15.7 Å². The molecule has 0 bridgehead atoms. The van der Waals surface area contributed by atoms with Gasteiger partial charge in [-0.2, -0.15) is 5.10 Å². The number of anilines is 1. The van der Waals surface area contributed by atoms with Crippen molar-refractivity contribution in [2.45, 2.75) is 0 Å². The first-order valence-corrected chi connectivity index (χ1v) is 5.97. The topological polar surface area (TPSA) is 74.0 Å². The van der Waals surface area contributed by atoms with E-state index < -0.39 is 0 Å². The van der Waals surface area contributed by atoms with Crippen molar-refractivity contribution in [1.82, 2.24) is 0 Å². The van der Waals surface area contributed by atoms with Gasteiger partial charge < -0.3 is 5.21 Å². The second-order valence-corrected chi connectivity index (χ2v) is 3.91. The SMILES string of the molecule is O=C(C(/C=N\O)=N\Nc1ccccc1)c1ccccc1. The van der Waals surface area contributed by atoms with Crippen molar-refractivity contribution in [3.05, 3.63) is 66.2 Å². The summed E-state index contributed by atoms with van der Waals surface area (Å²) in [6, 6.07) is 17.9. The fourth-order valence-corrected chi connectivity index (χ4v) is 1.57. The number of para-hydroxylation sites is 1. The molecule has 2 aromatic rings. The van der Waals surface area contributed by atoms with Crippen LogP contribution in [-0.2, 0) is 0 Å². The first kappa shape index (κ1) is 13.5. The summed E-state index contributed by atoms with van der Waals surface area (Å²) < 4.78 is 0. The highest BCUT2D eigenvalue weighted by molar-refractivity contribution is 6.64. The third kappa shape index (κ3) is 3.52. The number of nitrogens with zero attached hydrogens (tertiary/aromatic N) is 2. The van der Waals surface area contributed by atoms with Gasteiger partial charge in [0.15, 0.2) is 5.71 Å². The highest BCUT2D eigenvalue weighted by atomic mass is 16.4. The van der Waals surface area contributed by atoms with E-state index in [0.29, 0.717) is 5.56 Å². The second-order valence-electron chi connectivity index (χ2n) is 3.91. The Bertz CT molecular complexity index is 622. The summed E-state index contributed by atoms with van der Waals surface area (Å²) in [7, 11) is 0. The van der Waals surface area contributed by atoms with Crippen LogP contribution in [0.15, 0.2) is 70.9 Å². The number of hydrogen-bond donors (Lipinski definition) is 2. The number of Topliss-reactive ketones (excluding diaryl/α,β-unsaturated/α-hetero) is 1. The molecule has 0 radical (unpaired) electrons. The van der Waals surface area contributed by atoms with Gasteiger partial charge in [-0.1, -0.05) is 53.7 Å². The van der Waals surface area contributed by atoms with Crippen LogP contribution in [0.1, 0.15) is 10.4 Å². The van der Waals surface area contributed by atoms with Gasteiger partial charge in [-0.15, -0.1) is 0 Å². The molecule has 0 atom stereocenters. The number of benzene rings is 2. The first-order valence-electron chi connectivity index (χ1n) is 5.97. The number of carbonyl (C=O) groups excluding carboxylic acids is 1. The summed E-state index contributed by atoms with van der Waals surface area (Å²) >= 11 is 0. The minimum atomic E-state index is -0.327. The summed E-state index contributed by atoms with van der Waals surface area (Å²) in [6.45, 7) is 0. The monoisotopic (exact) mass is 267 g/mol. The Hall–Kier alpha value is -2.95. The van der Waals surface area contributed by atoms with Crippen LogP contribution in [0.2, 0.25) is 0 Å². The molecule has 5 heteroatoms. The van der Waals surface area contributed by atoms with Crippen LogP contribution >= 0.6 is 0 Å². The van der Waals surface area contributed by atoms with Crippen LogP contribution < -0.4 is 5.43 Å². The summed E-state index contributed by atoms with van der Waals surface area (Å²) in [5.74, 6) is -0.327. The molecular weight excluding hydrogens is 254 g/mol. The number of hydrogen-bond acceptors (Lipinski definition) is 5. The molecule has 5 nitrogen and oxygen atoms in total. The Balaban J connectivity index is 2.21. The molecule has 0 aliphatic carbocycles. The fraction of sp³-hybridized carbons (Fsp3) is 0. The van der Waals surface area contributed by atoms with Gasteiger partial charge in [-0.25, -0.2) is 0 Å². The van der Waals surface area contributed by atoms with Crippen LogP contribution in [-0.4, -0.2) is 22.9 Å². The van der Waals surface area contributed by atoms with Crippen LogP contribution in [0.3, 0.4) is 0 Å². The second kappa shape index (κ2) is 6.84. The van der Waals surface area contributed by atoms with E-state index in [-0.39, 0.29) is 11.5 Å². The summed E-state index contributed by atoms with van der Waals surface area (Å²) in [5, 5.41) is 15.5. The number of oxime groups is 1. The summed E-state index contributed by atoms with van der Waals surface area (Å²) in [6.07, 6.45) is 1.01. The minimum Gasteiger partial charge on any atom is -0.411 e. The summed E-state index contributed by atoms with van der Waals surface area (Å²) in [5.41, 5.74) is 3.97. The Kier molecular flexibility index (Phi) is 4.61. The Morgan fingerprint density at radius 3 is 2.20 bits per heavy atom. The lowest BCUT2D eigenvalue weighted by molar-refractivity contribution is 0.106. The van der Waals surface area contributed by atoms with Crippen molar-refractivity contribution in [2.24, 2.45) is 10.3 Å². The zero-order chi connectivity index (χ0) is 14.2. The van der Waals surface area contributed by atoms with Crippen LogP contribution in [0.25, 0.3) is 0 Å². The van der Waals surface area contributed by atoms with E-state index in [1.165, 1.54) is 0 Å². The van der Waals surface area contributed by atoms with Crippen molar-refractivity contribution < 1.29 is 10.0 Å². The molecule has 0 spiro atoms. The molecule has 0 aliphatic heterocycles. The van der Waals surface area contributed by atoms with Gasteiger partial charge >= 0.3 is 0 Å². The van der Waals surface area contributed by atoms with E-state index >= 15 is 0 Å². The molecule has 0 aromatic heterocycles. The van der Waals surface area contributed by atoms with E-state index in [1.54, 1.807) is 24.3 Å². The predicted octanol–water partition coefficient (Wildman–Crippen LogP) is 2.80. The maximum Gasteiger partial charge on any atom is 0.214 e. The Labute approximate surface area is 116 Å². The molecule has 0 fully saturated rings. The highest BCUT2D eigenvalue weighted by Crippen LogP contribution is 2.06. The van der Waals surface area contributed by atoms with Crippen molar-refractivity contribution in [1.29, 1.82) is 0 Å². The maximum absolute atomic E-state index is 12.2. The minimum absolute atomic E-state index is 0.0163. The first-order chi connectivity index (χ1) is 9.81. The average molecular weight is 267 g/mol. The fourth-order valence-electron chi connectivity index (χ4n) is 1.57. The van der Waals surface area contributed by atoms with Gasteiger partial charge in [0, 0.05) is 5.56 Å². The highest BCUT2D eigenvalue weighted by Gasteiger charge is 2.12. The number of nitrogens with one attached hydrogen (secondary N) is 1. The Morgan fingerprint density at radius 2 is 1.60 bits per heavy atom. The lowest BCUT2D eigenvalue weighted by Gasteiger charge is -2.03. The number of rotatable bonds is 5. The lowest BCUT2D eigenvalue weighted by atomic mass is 10.1. The van der Waals surface area contributed by atoms with Gasteiger partial charge in [-0.05, 0) is 12.1 Å². The molecule has 0 heterocycles. The normalized spacial score (nSPS) is 11.5. The Morgan fingerprint density at radius 1 is 1.00 bits per heavy atom. The maximum atomic E-state index is 12.2. The smallest absolute Gasteiger partial charge is 0.214 e. The van der Waals surface area contributed by atoms with Gasteiger partial charge in [0.05, 0.1) is 11.9 Å². The number of hydrazone groups is 1. The molecule has 20 heavy (non-hydrogen) atoms. The zero-order valence-electron chi connectivity index (χ0n) is 10.6. The van der Waals surface area contributed by atoms with Crippen molar-refractivity contribution in [2.75, 3.05) is 5.43 Å². The molecule has 100 valence electrons. The predicted molar refractivity (Wildman–Crippen MR) is 78.6 cm³/mol. The third-order valence-electron chi connectivity index (χ3n) is 2.53. The molecule has 2 rings (SSSR count). The molecule has 0 aliphatic rings. The molecule has 2 aromatic carbocycles. The number of ketones is 1. The number of carbonyl (C=O) groups is 1. The average Bonchev–Trinajstić information content (AvgIpc) is 2.52. The third-order valence-corrected chi connectivity index (χ3v) is 2.53. The quantitative estimate of drug-likeness (QED) is 0.378. The van der Waals surface area contributed by atoms with Crippen molar-refractivity contribution in [3.63, 3.8) is 0 Å². The van der Waals surface area contributed by atoms with E-state index in [4.69, 9.17) is 5.21 Å². The molecule has 0 unspecified atom stereocenters. The molecule has 0 amide bonds. The molecule has 0 saturated heterocycles. The molecule has 0 saturated carbocycles. The van der Waals surface area contributed by atoms with Crippen molar-refractivity contribution >= 4 is 23.4 Å². The van der Waals surface area contributed by atoms with E-state index in [1.807, 2.05) is 36.4 Å². The molecular formula is C15H13N3O2. The van der Waals surface area contributed by atoms with Gasteiger partial charge in [0.1, 0.15) is 0 Å². The van der Waals surface area contributed by atoms with Crippen LogP contribution in [0.4, 0.5) is 5.69 Å². The summed E-state index contributed by atoms with van der Waals surface area (Å²) in [4.78, 5) is 12.2. The van der Waals surface area contributed by atoms with Crippen LogP contribution in [0.5, 0.6) is 0 Å². The van der Waals surface area contributed by atoms with Crippen molar-refractivity contribution in [3.8, 4) is 0 Å². The lowest BCUT2D eigenvalue weighted by Crippen LogP contribution is -2.17.